The second kappa shape index (κ2) is 8.51. The fourth-order valence-corrected chi connectivity index (χ4v) is 4.05. The molecule has 3 rings (SSSR count). The molecule has 0 aromatic heterocycles. The van der Waals surface area contributed by atoms with E-state index in [0.717, 1.165) is 22.0 Å². The van der Waals surface area contributed by atoms with E-state index >= 15 is 0 Å². The molecular formula is C18H23N3O5S. The zero-order valence-electron chi connectivity index (χ0n) is 15.4. The van der Waals surface area contributed by atoms with Crippen LogP contribution in [0.4, 0.5) is 4.79 Å². The predicted molar refractivity (Wildman–Crippen MR) is 101 cm³/mol. The van der Waals surface area contributed by atoms with Crippen molar-refractivity contribution in [3.8, 4) is 11.5 Å². The van der Waals surface area contributed by atoms with Crippen molar-refractivity contribution in [1.29, 1.82) is 0 Å². The van der Waals surface area contributed by atoms with E-state index in [1.165, 1.54) is 14.2 Å². The smallest absolute Gasteiger partial charge is 0.325 e. The highest BCUT2D eigenvalue weighted by atomic mass is 32.2. The zero-order valence-corrected chi connectivity index (χ0v) is 16.2. The van der Waals surface area contributed by atoms with Gasteiger partial charge in [-0.15, -0.1) is 0 Å². The molecule has 1 aromatic rings. The maximum Gasteiger partial charge on any atom is 0.325 e. The summed E-state index contributed by atoms with van der Waals surface area (Å²) in [4.78, 5) is 40.1. The normalized spacial score (nSPS) is 19.9. The van der Waals surface area contributed by atoms with Crippen molar-refractivity contribution in [2.45, 2.75) is 19.0 Å². The number of amides is 4. The molecule has 0 unspecified atom stereocenters. The van der Waals surface area contributed by atoms with Crippen LogP contribution >= 0.6 is 11.8 Å². The number of urea groups is 1. The van der Waals surface area contributed by atoms with Gasteiger partial charge < -0.3 is 19.7 Å². The largest absolute Gasteiger partial charge is 0.493 e. The number of rotatable bonds is 6. The summed E-state index contributed by atoms with van der Waals surface area (Å²) in [6.07, 6.45) is -0.00231. The van der Waals surface area contributed by atoms with Gasteiger partial charge in [-0.3, -0.25) is 14.5 Å². The lowest BCUT2D eigenvalue weighted by atomic mass is 10.1. The third kappa shape index (κ3) is 4.29. The maximum atomic E-state index is 12.6. The van der Waals surface area contributed by atoms with Crippen LogP contribution in [-0.2, 0) is 16.1 Å². The van der Waals surface area contributed by atoms with Gasteiger partial charge in [-0.2, -0.15) is 11.8 Å². The molecule has 8 nitrogen and oxygen atoms in total. The Balaban J connectivity index is 1.64. The van der Waals surface area contributed by atoms with Crippen LogP contribution in [0.1, 0.15) is 12.0 Å². The minimum absolute atomic E-state index is 0.00231. The molecule has 0 saturated carbocycles. The fourth-order valence-electron chi connectivity index (χ4n) is 3.14. The van der Waals surface area contributed by atoms with E-state index in [4.69, 9.17) is 9.47 Å². The monoisotopic (exact) mass is 393 g/mol. The maximum absolute atomic E-state index is 12.6. The molecule has 2 aliphatic rings. The lowest BCUT2D eigenvalue weighted by molar-refractivity contribution is -0.135. The van der Waals surface area contributed by atoms with Crippen LogP contribution in [0.5, 0.6) is 11.5 Å². The fraction of sp³-hybridized carbons (Fsp3) is 0.500. The number of methoxy groups -OCH3 is 2. The van der Waals surface area contributed by atoms with Crippen LogP contribution in [0, 0.1) is 0 Å². The SMILES string of the molecule is COc1ccc(CN2C(=O)N[C@@H](CC(=O)N3CCSCC3)C2=O)cc1OC. The van der Waals surface area contributed by atoms with Crippen molar-refractivity contribution < 1.29 is 23.9 Å². The van der Waals surface area contributed by atoms with Crippen molar-refractivity contribution in [2.24, 2.45) is 0 Å². The Hall–Kier alpha value is -2.42. The van der Waals surface area contributed by atoms with Gasteiger partial charge in [0.15, 0.2) is 11.5 Å². The second-order valence-electron chi connectivity index (χ2n) is 6.31. The summed E-state index contributed by atoms with van der Waals surface area (Å²) >= 11 is 1.81. The van der Waals surface area contributed by atoms with E-state index in [2.05, 4.69) is 5.32 Å². The number of thioether (sulfide) groups is 1. The van der Waals surface area contributed by atoms with Gasteiger partial charge in [0.1, 0.15) is 6.04 Å². The van der Waals surface area contributed by atoms with Gasteiger partial charge in [0.2, 0.25) is 5.91 Å². The molecule has 2 fully saturated rings. The topological polar surface area (TPSA) is 88.2 Å². The Morgan fingerprint density at radius 2 is 1.89 bits per heavy atom. The first-order chi connectivity index (χ1) is 13.0. The number of carbonyl (C=O) groups is 3. The van der Waals surface area contributed by atoms with Crippen LogP contribution in [0.25, 0.3) is 0 Å². The third-order valence-corrected chi connectivity index (χ3v) is 5.58. The Bertz CT molecular complexity index is 736. The van der Waals surface area contributed by atoms with Crippen LogP contribution < -0.4 is 14.8 Å². The number of hydrogen-bond acceptors (Lipinski definition) is 6. The first kappa shape index (κ1) is 19.3. The molecule has 1 aromatic carbocycles. The molecule has 0 spiro atoms. The average molecular weight is 393 g/mol. The van der Waals surface area contributed by atoms with Crippen molar-refractivity contribution in [3.63, 3.8) is 0 Å². The molecule has 146 valence electrons. The molecule has 2 saturated heterocycles. The zero-order chi connectivity index (χ0) is 19.4. The first-order valence-corrected chi connectivity index (χ1v) is 9.87. The molecule has 9 heteroatoms. The molecule has 1 N–H and O–H groups in total. The third-order valence-electron chi connectivity index (χ3n) is 4.64. The van der Waals surface area contributed by atoms with E-state index in [-0.39, 0.29) is 24.8 Å². The van der Waals surface area contributed by atoms with Gasteiger partial charge in [0.05, 0.1) is 27.2 Å². The van der Waals surface area contributed by atoms with Gasteiger partial charge >= 0.3 is 6.03 Å². The van der Waals surface area contributed by atoms with E-state index in [1.807, 2.05) is 11.8 Å². The summed E-state index contributed by atoms with van der Waals surface area (Å²) < 4.78 is 10.4. The number of imide groups is 1. The number of hydrogen-bond donors (Lipinski definition) is 1. The summed E-state index contributed by atoms with van der Waals surface area (Å²) in [6, 6.07) is 3.93. The molecule has 0 radical (unpaired) electrons. The molecular weight excluding hydrogens is 370 g/mol. The number of nitrogens with one attached hydrogen (secondary N) is 1. The molecule has 27 heavy (non-hydrogen) atoms. The van der Waals surface area contributed by atoms with E-state index < -0.39 is 12.1 Å². The lowest BCUT2D eigenvalue weighted by Crippen LogP contribution is -2.42. The van der Waals surface area contributed by atoms with E-state index in [1.54, 1.807) is 23.1 Å². The Kier molecular flexibility index (Phi) is 6.10. The van der Waals surface area contributed by atoms with Crippen LogP contribution in [0.3, 0.4) is 0 Å². The molecule has 1 atom stereocenters. The minimum Gasteiger partial charge on any atom is -0.493 e. The van der Waals surface area contributed by atoms with Gasteiger partial charge in [0.25, 0.3) is 5.91 Å². The molecule has 4 amide bonds. The number of benzene rings is 1. The summed E-state index contributed by atoms with van der Waals surface area (Å²) in [5.74, 6) is 2.43. The van der Waals surface area contributed by atoms with Crippen molar-refractivity contribution in [1.82, 2.24) is 15.1 Å². The summed E-state index contributed by atoms with van der Waals surface area (Å²) in [7, 11) is 3.06. The van der Waals surface area contributed by atoms with Gasteiger partial charge in [-0.1, -0.05) is 6.07 Å². The standard InChI is InChI=1S/C18H23N3O5S/c1-25-14-4-3-12(9-15(14)26-2)11-21-17(23)13(19-18(21)24)10-16(22)20-5-7-27-8-6-20/h3-4,9,13H,5-8,10-11H2,1-2H3,(H,19,24)/t13-/m0/s1. The number of carbonyl (C=O) groups excluding carboxylic acids is 3. The lowest BCUT2D eigenvalue weighted by Gasteiger charge is -2.27. The van der Waals surface area contributed by atoms with Crippen LogP contribution in [-0.4, -0.2) is 72.5 Å². The van der Waals surface area contributed by atoms with Crippen molar-refractivity contribution in [3.05, 3.63) is 23.8 Å². The van der Waals surface area contributed by atoms with Crippen LogP contribution in [0.2, 0.25) is 0 Å². The quantitative estimate of drug-likeness (QED) is 0.728. The van der Waals surface area contributed by atoms with Crippen LogP contribution in [0.15, 0.2) is 18.2 Å². The van der Waals surface area contributed by atoms with E-state index in [9.17, 15) is 14.4 Å². The van der Waals surface area contributed by atoms with Crippen molar-refractivity contribution >= 4 is 29.6 Å². The van der Waals surface area contributed by atoms with Crippen molar-refractivity contribution in [2.75, 3.05) is 38.8 Å². The highest BCUT2D eigenvalue weighted by molar-refractivity contribution is 7.99. The second-order valence-corrected chi connectivity index (χ2v) is 7.54. The van der Waals surface area contributed by atoms with Gasteiger partial charge in [-0.05, 0) is 17.7 Å². The van der Waals surface area contributed by atoms with Gasteiger partial charge in [0, 0.05) is 24.6 Å². The average Bonchev–Trinajstić information content (AvgIpc) is 2.95. The predicted octanol–water partition coefficient (Wildman–Crippen LogP) is 1.09. The summed E-state index contributed by atoms with van der Waals surface area (Å²) in [5, 5.41) is 2.62. The Labute approximate surface area is 162 Å². The molecule has 0 bridgehead atoms. The Morgan fingerprint density at radius 3 is 2.56 bits per heavy atom. The highest BCUT2D eigenvalue weighted by Crippen LogP contribution is 2.28. The minimum atomic E-state index is -0.806. The summed E-state index contributed by atoms with van der Waals surface area (Å²) in [6.45, 7) is 1.48. The molecule has 2 aliphatic heterocycles. The summed E-state index contributed by atoms with van der Waals surface area (Å²) in [5.41, 5.74) is 0.733. The first-order valence-electron chi connectivity index (χ1n) is 8.71. The number of ether oxygens (including phenoxy) is 2. The number of nitrogens with zero attached hydrogens (tertiary/aromatic N) is 2. The molecule has 2 heterocycles. The highest BCUT2D eigenvalue weighted by Gasteiger charge is 2.39. The molecule has 0 aliphatic carbocycles. The Morgan fingerprint density at radius 1 is 1.19 bits per heavy atom. The van der Waals surface area contributed by atoms with Gasteiger partial charge in [-0.25, -0.2) is 4.79 Å². The van der Waals surface area contributed by atoms with E-state index in [0.29, 0.717) is 24.6 Å².